The molecule has 0 unspecified atom stereocenters. The molecule has 0 spiro atoms. The van der Waals surface area contributed by atoms with Gasteiger partial charge in [-0.05, 0) is 13.8 Å². The maximum Gasteiger partial charge on any atom is 0.320 e. The second-order valence-electron chi connectivity index (χ2n) is 3.09. The number of ether oxygens (including phenoxy) is 2. The highest BCUT2D eigenvalue weighted by Crippen LogP contribution is 2.09. The van der Waals surface area contributed by atoms with Gasteiger partial charge in [0.2, 0.25) is 0 Å². The van der Waals surface area contributed by atoms with E-state index in [1.54, 1.807) is 13.8 Å². The van der Waals surface area contributed by atoms with Crippen molar-refractivity contribution in [2.75, 3.05) is 13.2 Å². The minimum absolute atomic E-state index is 0.00810. The zero-order valence-corrected chi connectivity index (χ0v) is 9.67. The molecule has 0 saturated carbocycles. The van der Waals surface area contributed by atoms with Crippen molar-refractivity contribution < 1.29 is 19.1 Å². The predicted octanol–water partition coefficient (Wildman–Crippen LogP) is -0.515. The fourth-order valence-electron chi connectivity index (χ4n) is 1.20. The molecule has 0 aliphatic rings. The Morgan fingerprint density at radius 3 is 2.24 bits per heavy atom. The Balaban J connectivity index is 2.71. The Bertz CT molecular complexity index is 347. The molecular weight excluding hydrogens is 228 g/mol. The highest BCUT2D eigenvalue weighted by molar-refractivity contribution is 5.95. The smallest absolute Gasteiger partial charge is 0.320 e. The van der Waals surface area contributed by atoms with Gasteiger partial charge in [0.15, 0.2) is 11.7 Å². The van der Waals surface area contributed by atoms with Gasteiger partial charge in [-0.1, -0.05) is 5.21 Å². The van der Waals surface area contributed by atoms with E-state index in [1.807, 2.05) is 0 Å². The van der Waals surface area contributed by atoms with Gasteiger partial charge < -0.3 is 9.47 Å². The Morgan fingerprint density at radius 2 is 1.82 bits per heavy atom. The van der Waals surface area contributed by atoms with Crippen molar-refractivity contribution >= 4 is 11.9 Å². The van der Waals surface area contributed by atoms with Gasteiger partial charge in [-0.25, -0.2) is 0 Å². The summed E-state index contributed by atoms with van der Waals surface area (Å²) in [6.07, 6.45) is 0.00810. The van der Waals surface area contributed by atoms with E-state index in [0.717, 1.165) is 0 Å². The first-order valence-electron chi connectivity index (χ1n) is 5.24. The maximum atomic E-state index is 11.6. The normalized spacial score (nSPS) is 10.3. The summed E-state index contributed by atoms with van der Waals surface area (Å²) in [4.78, 5) is 23.2. The van der Waals surface area contributed by atoms with E-state index >= 15 is 0 Å². The number of hydrogen-bond acceptors (Lipinski definition) is 7. The lowest BCUT2D eigenvalue weighted by Gasteiger charge is -2.12. The third-order valence-electron chi connectivity index (χ3n) is 1.92. The molecule has 0 saturated heterocycles. The van der Waals surface area contributed by atoms with Crippen LogP contribution in [0.15, 0.2) is 0 Å². The molecule has 0 amide bonds. The monoisotopic (exact) mass is 242 g/mol. The number of rotatable bonds is 6. The molecule has 0 aliphatic heterocycles. The van der Waals surface area contributed by atoms with Gasteiger partial charge in [0.05, 0.1) is 13.2 Å². The standard InChI is InChI=1S/C9H14N4O4/c1-3-16-8(14)6(9(15)17-4-2)5-7-10-12-13-11-7/h6H,3-5H2,1-2H3,(H,10,11,12,13). The Morgan fingerprint density at radius 1 is 1.24 bits per heavy atom. The summed E-state index contributed by atoms with van der Waals surface area (Å²) in [6.45, 7) is 3.71. The summed E-state index contributed by atoms with van der Waals surface area (Å²) in [7, 11) is 0. The predicted molar refractivity (Wildman–Crippen MR) is 54.6 cm³/mol. The lowest BCUT2D eigenvalue weighted by molar-refractivity contribution is -0.161. The first-order chi connectivity index (χ1) is 8.19. The van der Waals surface area contributed by atoms with E-state index in [2.05, 4.69) is 20.6 Å². The Labute approximate surface area is 97.7 Å². The molecule has 1 heterocycles. The largest absolute Gasteiger partial charge is 0.465 e. The molecule has 1 aromatic rings. The quantitative estimate of drug-likeness (QED) is 0.528. The number of H-pyrrole nitrogens is 1. The summed E-state index contributed by atoms with van der Waals surface area (Å²) in [5, 5.41) is 12.9. The van der Waals surface area contributed by atoms with E-state index in [1.165, 1.54) is 0 Å². The molecule has 0 fully saturated rings. The highest BCUT2D eigenvalue weighted by Gasteiger charge is 2.31. The lowest BCUT2D eigenvalue weighted by atomic mass is 10.1. The van der Waals surface area contributed by atoms with Gasteiger partial charge in [-0.2, -0.15) is 5.21 Å². The molecule has 0 aliphatic carbocycles. The molecule has 0 aromatic carbocycles. The van der Waals surface area contributed by atoms with E-state index in [4.69, 9.17) is 9.47 Å². The highest BCUT2D eigenvalue weighted by atomic mass is 16.6. The number of tetrazole rings is 1. The third kappa shape index (κ3) is 3.82. The molecular formula is C9H14N4O4. The molecule has 94 valence electrons. The summed E-state index contributed by atoms with van der Waals surface area (Å²) in [5.41, 5.74) is 0. The average molecular weight is 242 g/mol. The zero-order valence-electron chi connectivity index (χ0n) is 9.67. The molecule has 1 N–H and O–H groups in total. The van der Waals surface area contributed by atoms with E-state index in [9.17, 15) is 9.59 Å². The van der Waals surface area contributed by atoms with Gasteiger partial charge in [0.1, 0.15) is 0 Å². The van der Waals surface area contributed by atoms with Crippen LogP contribution in [0.3, 0.4) is 0 Å². The number of esters is 2. The fourth-order valence-corrected chi connectivity index (χ4v) is 1.20. The minimum atomic E-state index is -1.05. The third-order valence-corrected chi connectivity index (χ3v) is 1.92. The number of carbonyl (C=O) groups is 2. The summed E-state index contributed by atoms with van der Waals surface area (Å²) in [5.74, 6) is -2.07. The van der Waals surface area contributed by atoms with Crippen molar-refractivity contribution in [1.82, 2.24) is 20.6 Å². The number of aromatic amines is 1. The molecule has 1 rings (SSSR count). The molecule has 17 heavy (non-hydrogen) atoms. The van der Waals surface area contributed by atoms with Crippen LogP contribution < -0.4 is 0 Å². The van der Waals surface area contributed by atoms with Gasteiger partial charge in [0.25, 0.3) is 0 Å². The summed E-state index contributed by atoms with van der Waals surface area (Å²) in [6, 6.07) is 0. The van der Waals surface area contributed by atoms with Gasteiger partial charge >= 0.3 is 11.9 Å². The van der Waals surface area contributed by atoms with Crippen LogP contribution in [0.4, 0.5) is 0 Å². The molecule has 0 atom stereocenters. The van der Waals surface area contributed by atoms with E-state index < -0.39 is 17.9 Å². The van der Waals surface area contributed by atoms with Crippen molar-refractivity contribution in [1.29, 1.82) is 0 Å². The maximum absolute atomic E-state index is 11.6. The first kappa shape index (κ1) is 13.1. The number of hydrogen-bond donors (Lipinski definition) is 1. The summed E-state index contributed by atoms with van der Waals surface area (Å²) >= 11 is 0. The average Bonchev–Trinajstić information content (AvgIpc) is 2.79. The molecule has 0 bridgehead atoms. The Hall–Kier alpha value is -1.99. The molecule has 8 nitrogen and oxygen atoms in total. The van der Waals surface area contributed by atoms with Crippen molar-refractivity contribution in [3.63, 3.8) is 0 Å². The lowest BCUT2D eigenvalue weighted by Crippen LogP contribution is -2.30. The Kier molecular flexibility index (Phi) is 5.05. The van der Waals surface area contributed by atoms with Crippen LogP contribution in [-0.2, 0) is 25.5 Å². The van der Waals surface area contributed by atoms with Crippen molar-refractivity contribution in [3.8, 4) is 0 Å². The SMILES string of the molecule is CCOC(=O)C(Cc1nn[nH]n1)C(=O)OCC. The van der Waals surface area contributed by atoms with Crippen LogP contribution in [0.2, 0.25) is 0 Å². The van der Waals surface area contributed by atoms with E-state index in [-0.39, 0.29) is 25.5 Å². The number of nitrogens with one attached hydrogen (secondary N) is 1. The number of aromatic nitrogens is 4. The van der Waals surface area contributed by atoms with Gasteiger partial charge in [-0.3, -0.25) is 9.59 Å². The summed E-state index contributed by atoms with van der Waals surface area (Å²) < 4.78 is 9.59. The topological polar surface area (TPSA) is 107 Å². The fraction of sp³-hybridized carbons (Fsp3) is 0.667. The second-order valence-corrected chi connectivity index (χ2v) is 3.09. The van der Waals surface area contributed by atoms with Crippen molar-refractivity contribution in [2.45, 2.75) is 20.3 Å². The van der Waals surface area contributed by atoms with Crippen LogP contribution in [0.5, 0.6) is 0 Å². The van der Waals surface area contributed by atoms with Crippen LogP contribution >= 0.6 is 0 Å². The van der Waals surface area contributed by atoms with Crippen LogP contribution in [0.25, 0.3) is 0 Å². The molecule has 0 radical (unpaired) electrons. The van der Waals surface area contributed by atoms with Crippen LogP contribution in [0.1, 0.15) is 19.7 Å². The second kappa shape index (κ2) is 6.56. The zero-order chi connectivity index (χ0) is 12.7. The molecule has 1 aromatic heterocycles. The molecule has 8 heteroatoms. The first-order valence-corrected chi connectivity index (χ1v) is 5.24. The van der Waals surface area contributed by atoms with Crippen LogP contribution in [0, 0.1) is 5.92 Å². The number of nitrogens with zero attached hydrogens (tertiary/aromatic N) is 3. The van der Waals surface area contributed by atoms with Crippen LogP contribution in [-0.4, -0.2) is 45.8 Å². The minimum Gasteiger partial charge on any atom is -0.465 e. The van der Waals surface area contributed by atoms with E-state index in [0.29, 0.717) is 0 Å². The number of carbonyl (C=O) groups excluding carboxylic acids is 2. The van der Waals surface area contributed by atoms with Gasteiger partial charge in [-0.15, -0.1) is 10.2 Å². The van der Waals surface area contributed by atoms with Crippen molar-refractivity contribution in [3.05, 3.63) is 5.82 Å². The van der Waals surface area contributed by atoms with Crippen molar-refractivity contribution in [2.24, 2.45) is 5.92 Å². The van der Waals surface area contributed by atoms with Gasteiger partial charge in [0, 0.05) is 6.42 Å².